The molecule has 5 nitrogen and oxygen atoms in total. The Morgan fingerprint density at radius 2 is 2.12 bits per heavy atom. The van der Waals surface area contributed by atoms with E-state index in [4.69, 9.17) is 21.1 Å². The predicted molar refractivity (Wildman–Crippen MR) is 92.8 cm³/mol. The molecule has 0 fully saturated rings. The summed E-state index contributed by atoms with van der Waals surface area (Å²) >= 11 is 6.23. The van der Waals surface area contributed by atoms with Gasteiger partial charge in [-0.3, -0.25) is 4.98 Å². The van der Waals surface area contributed by atoms with Crippen LogP contribution in [0, 0.1) is 6.92 Å². The van der Waals surface area contributed by atoms with Gasteiger partial charge in [-0.05, 0) is 48.7 Å². The van der Waals surface area contributed by atoms with Gasteiger partial charge in [0.15, 0.2) is 11.5 Å². The molecule has 1 aliphatic heterocycles. The summed E-state index contributed by atoms with van der Waals surface area (Å²) in [7, 11) is 0. The Balaban J connectivity index is 1.68. The fraction of sp³-hybridized carbons (Fsp3) is 0.389. The lowest BCUT2D eigenvalue weighted by Gasteiger charge is -2.23. The van der Waals surface area contributed by atoms with Crippen LogP contribution in [0.15, 0.2) is 30.6 Å². The minimum absolute atomic E-state index is 0.0843. The molecule has 1 aliphatic rings. The van der Waals surface area contributed by atoms with Crippen molar-refractivity contribution in [3.63, 3.8) is 0 Å². The van der Waals surface area contributed by atoms with Gasteiger partial charge >= 0.3 is 0 Å². The van der Waals surface area contributed by atoms with Crippen molar-refractivity contribution in [3.05, 3.63) is 52.3 Å². The van der Waals surface area contributed by atoms with E-state index in [0.29, 0.717) is 41.8 Å². The molecule has 0 aliphatic carbocycles. The summed E-state index contributed by atoms with van der Waals surface area (Å²) in [4.78, 5) is 4.16. The smallest absolute Gasteiger partial charge is 0.179 e. The lowest BCUT2D eigenvalue weighted by atomic mass is 10.0. The number of aromatic nitrogens is 1. The van der Waals surface area contributed by atoms with Crippen molar-refractivity contribution in [3.8, 4) is 11.5 Å². The predicted octanol–water partition coefficient (Wildman–Crippen LogP) is 3.20. The second kappa shape index (κ2) is 7.38. The van der Waals surface area contributed by atoms with E-state index in [1.807, 2.05) is 26.1 Å². The number of aliphatic hydroxyl groups excluding tert-OH is 1. The second-order valence-corrected chi connectivity index (χ2v) is 6.31. The highest BCUT2D eigenvalue weighted by Gasteiger charge is 2.20. The maximum absolute atomic E-state index is 10.5. The minimum Gasteiger partial charge on any atom is -0.486 e. The van der Waals surface area contributed by atoms with Crippen LogP contribution >= 0.6 is 11.6 Å². The van der Waals surface area contributed by atoms with Crippen LogP contribution in [0.5, 0.6) is 11.5 Å². The summed E-state index contributed by atoms with van der Waals surface area (Å²) in [6.07, 6.45) is 2.93. The molecule has 2 unspecified atom stereocenters. The number of aryl methyl sites for hydroxylation is 1. The van der Waals surface area contributed by atoms with Gasteiger partial charge in [-0.1, -0.05) is 11.6 Å². The zero-order valence-electron chi connectivity index (χ0n) is 13.8. The first-order chi connectivity index (χ1) is 11.6. The molecule has 0 spiro atoms. The van der Waals surface area contributed by atoms with Gasteiger partial charge in [0.1, 0.15) is 13.2 Å². The first-order valence-electron chi connectivity index (χ1n) is 7.97. The molecule has 0 amide bonds. The molecule has 128 valence electrons. The van der Waals surface area contributed by atoms with Crippen molar-refractivity contribution in [1.82, 2.24) is 10.3 Å². The molecule has 0 radical (unpaired) electrons. The first kappa shape index (κ1) is 17.0. The number of pyridine rings is 1. The molecule has 2 atom stereocenters. The van der Waals surface area contributed by atoms with E-state index in [2.05, 4.69) is 10.3 Å². The Labute approximate surface area is 146 Å². The van der Waals surface area contributed by atoms with Crippen LogP contribution < -0.4 is 14.8 Å². The highest BCUT2D eigenvalue weighted by molar-refractivity contribution is 6.32. The normalized spacial score (nSPS) is 15.8. The molecule has 0 bridgehead atoms. The van der Waals surface area contributed by atoms with E-state index in [-0.39, 0.29) is 6.04 Å². The number of nitrogens with one attached hydrogen (secondary N) is 1. The topological polar surface area (TPSA) is 63.6 Å². The molecular formula is C18H21ClN2O3. The quantitative estimate of drug-likeness (QED) is 0.868. The molecule has 3 rings (SSSR count). The standard InChI is InChI=1S/C18H21ClN2O3/c1-11-3-4-20-9-14(11)12(2)21-10-16(22)13-7-15(19)18-17(8-13)23-5-6-24-18/h3-4,7-9,12,16,21-22H,5-6,10H2,1-2H3. The number of fused-ring (bicyclic) bond motifs is 1. The Hall–Kier alpha value is -1.82. The number of aliphatic hydroxyl groups is 1. The molecule has 2 heterocycles. The molecule has 2 N–H and O–H groups in total. The lowest BCUT2D eigenvalue weighted by molar-refractivity contribution is 0.161. The maximum atomic E-state index is 10.5. The average Bonchev–Trinajstić information content (AvgIpc) is 2.59. The lowest BCUT2D eigenvalue weighted by Crippen LogP contribution is -2.25. The second-order valence-electron chi connectivity index (χ2n) is 5.90. The molecule has 1 aromatic carbocycles. The zero-order chi connectivity index (χ0) is 17.1. The van der Waals surface area contributed by atoms with Gasteiger partial charge in [-0.2, -0.15) is 0 Å². The molecule has 0 saturated heterocycles. The Morgan fingerprint density at radius 3 is 2.92 bits per heavy atom. The number of hydrogen-bond acceptors (Lipinski definition) is 5. The highest BCUT2D eigenvalue weighted by Crippen LogP contribution is 2.39. The number of rotatable bonds is 5. The summed E-state index contributed by atoms with van der Waals surface area (Å²) in [5, 5.41) is 14.3. The van der Waals surface area contributed by atoms with Gasteiger partial charge in [0, 0.05) is 25.0 Å². The molecule has 2 aromatic rings. The number of nitrogens with zero attached hydrogens (tertiary/aromatic N) is 1. The average molecular weight is 349 g/mol. The van der Waals surface area contributed by atoms with E-state index in [1.54, 1.807) is 18.3 Å². The van der Waals surface area contributed by atoms with Crippen LogP contribution in [0.3, 0.4) is 0 Å². The Bertz CT molecular complexity index is 723. The van der Waals surface area contributed by atoms with Crippen molar-refractivity contribution >= 4 is 11.6 Å². The Morgan fingerprint density at radius 1 is 1.33 bits per heavy atom. The minimum atomic E-state index is -0.697. The van der Waals surface area contributed by atoms with Crippen LogP contribution in [-0.2, 0) is 0 Å². The summed E-state index contributed by atoms with van der Waals surface area (Å²) in [6, 6.07) is 5.57. The third-order valence-electron chi connectivity index (χ3n) is 4.17. The molecule has 0 saturated carbocycles. The van der Waals surface area contributed by atoms with E-state index in [9.17, 15) is 5.11 Å². The third-order valence-corrected chi connectivity index (χ3v) is 4.45. The SMILES string of the molecule is Cc1ccncc1C(C)NCC(O)c1cc(Cl)c2c(c1)OCCO2. The van der Waals surface area contributed by atoms with Crippen molar-refractivity contribution in [1.29, 1.82) is 0 Å². The highest BCUT2D eigenvalue weighted by atomic mass is 35.5. The van der Waals surface area contributed by atoms with Crippen LogP contribution in [0.4, 0.5) is 0 Å². The van der Waals surface area contributed by atoms with Crippen LogP contribution in [-0.4, -0.2) is 29.8 Å². The summed E-state index contributed by atoms with van der Waals surface area (Å²) in [5.74, 6) is 1.13. The molecule has 1 aromatic heterocycles. The van der Waals surface area contributed by atoms with Gasteiger partial charge in [0.2, 0.25) is 0 Å². The van der Waals surface area contributed by atoms with E-state index < -0.39 is 6.10 Å². The Kier molecular flexibility index (Phi) is 5.23. The van der Waals surface area contributed by atoms with Gasteiger partial charge in [0.25, 0.3) is 0 Å². The number of halogens is 1. The van der Waals surface area contributed by atoms with E-state index in [1.165, 1.54) is 5.56 Å². The van der Waals surface area contributed by atoms with Gasteiger partial charge in [0.05, 0.1) is 11.1 Å². The molecule has 6 heteroatoms. The van der Waals surface area contributed by atoms with Crippen LogP contribution in [0.1, 0.15) is 35.8 Å². The largest absolute Gasteiger partial charge is 0.486 e. The van der Waals surface area contributed by atoms with Gasteiger partial charge in [-0.15, -0.1) is 0 Å². The van der Waals surface area contributed by atoms with Crippen molar-refractivity contribution in [2.45, 2.75) is 26.0 Å². The van der Waals surface area contributed by atoms with Crippen LogP contribution in [0.2, 0.25) is 5.02 Å². The fourth-order valence-electron chi connectivity index (χ4n) is 2.77. The van der Waals surface area contributed by atoms with Crippen molar-refractivity contribution in [2.24, 2.45) is 0 Å². The van der Waals surface area contributed by atoms with Crippen molar-refractivity contribution < 1.29 is 14.6 Å². The monoisotopic (exact) mass is 348 g/mol. The maximum Gasteiger partial charge on any atom is 0.179 e. The van der Waals surface area contributed by atoms with E-state index >= 15 is 0 Å². The van der Waals surface area contributed by atoms with Gasteiger partial charge < -0.3 is 19.9 Å². The fourth-order valence-corrected chi connectivity index (χ4v) is 3.04. The number of ether oxygens (including phenoxy) is 2. The zero-order valence-corrected chi connectivity index (χ0v) is 14.5. The number of benzene rings is 1. The van der Waals surface area contributed by atoms with E-state index in [0.717, 1.165) is 5.56 Å². The van der Waals surface area contributed by atoms with Crippen molar-refractivity contribution in [2.75, 3.05) is 19.8 Å². The summed E-state index contributed by atoms with van der Waals surface area (Å²) in [6.45, 7) is 5.46. The number of hydrogen-bond donors (Lipinski definition) is 2. The first-order valence-corrected chi connectivity index (χ1v) is 8.35. The third kappa shape index (κ3) is 3.64. The summed E-state index contributed by atoms with van der Waals surface area (Å²) < 4.78 is 11.1. The molecular weight excluding hydrogens is 328 g/mol. The summed E-state index contributed by atoms with van der Waals surface area (Å²) in [5.41, 5.74) is 2.98. The van der Waals surface area contributed by atoms with Gasteiger partial charge in [-0.25, -0.2) is 0 Å². The van der Waals surface area contributed by atoms with Crippen LogP contribution in [0.25, 0.3) is 0 Å². The molecule has 24 heavy (non-hydrogen) atoms.